The van der Waals surface area contributed by atoms with Crippen LogP contribution in [0.5, 0.6) is 0 Å². The predicted octanol–water partition coefficient (Wildman–Crippen LogP) is 4.97. The predicted molar refractivity (Wildman–Crippen MR) is 219 cm³/mol. The lowest BCUT2D eigenvalue weighted by atomic mass is 10.0. The number of hydrogen-bond donors (Lipinski definition) is 0. The van der Waals surface area contributed by atoms with Crippen LogP contribution in [0, 0.1) is 0 Å². The zero-order chi connectivity index (χ0) is 36.0. The molecule has 2 heterocycles. The summed E-state index contributed by atoms with van der Waals surface area (Å²) in [5, 5.41) is 3.29. The minimum absolute atomic E-state index is 0. The molecule has 54 heavy (non-hydrogen) atoms. The van der Waals surface area contributed by atoms with Crippen molar-refractivity contribution in [3.8, 4) is 0 Å². The number of thioether (sulfide) groups is 1. The summed E-state index contributed by atoms with van der Waals surface area (Å²) < 4.78 is 6.56. The number of aliphatic imine (C=N–C) groups is 1. The Kier molecular flexibility index (Phi) is 11.5. The number of rotatable bonds is 11. The quantitative estimate of drug-likeness (QED) is 0.0810. The molecular weight excluding hydrogens is 727 g/mol. The molecule has 5 nitrogen and oxygen atoms in total. The number of hydrogen-bond acceptors (Lipinski definition) is 5. The van der Waals surface area contributed by atoms with Gasteiger partial charge < -0.3 is 17.1 Å². The largest absolute Gasteiger partial charge is 1.00 e. The first-order valence-corrected chi connectivity index (χ1v) is 20.8. The third-order valence-electron chi connectivity index (χ3n) is 9.84. The molecule has 1 amide bonds. The van der Waals surface area contributed by atoms with E-state index in [1.165, 1.54) is 15.9 Å². The monoisotopic (exact) mass is 764 g/mol. The summed E-state index contributed by atoms with van der Waals surface area (Å²) in [5.41, 5.74) is 3.88. The highest BCUT2D eigenvalue weighted by Gasteiger charge is 2.56. The molecule has 0 spiro atoms. The third-order valence-corrected chi connectivity index (χ3v) is 15.6. The molecule has 0 bridgehead atoms. The van der Waals surface area contributed by atoms with Gasteiger partial charge in [-0.05, 0) is 53.1 Å². The Morgan fingerprint density at radius 1 is 0.685 bits per heavy atom. The molecule has 1 saturated heterocycles. The minimum atomic E-state index is -2.41. The summed E-state index contributed by atoms with van der Waals surface area (Å²) in [6.07, 6.45) is 1.67. The Hall–Kier alpha value is -5.26. The lowest BCUT2D eigenvalue weighted by molar-refractivity contribution is -0.153. The topological polar surface area (TPSA) is 59.0 Å². The fourth-order valence-corrected chi connectivity index (χ4v) is 13.1. The van der Waals surface area contributed by atoms with E-state index in [1.54, 1.807) is 22.9 Å². The van der Waals surface area contributed by atoms with E-state index in [4.69, 9.17) is 9.73 Å². The fraction of sp³-hybridized carbons (Fsp3) is 0.109. The van der Waals surface area contributed by atoms with Crippen molar-refractivity contribution >= 4 is 53.0 Å². The highest BCUT2D eigenvalue weighted by molar-refractivity contribution is 8.00. The molecule has 268 valence electrons. The van der Waals surface area contributed by atoms with Crippen LogP contribution < -0.4 is 28.3 Å². The van der Waals surface area contributed by atoms with Gasteiger partial charge in [-0.15, -0.1) is 11.8 Å². The van der Waals surface area contributed by atoms with E-state index in [0.29, 0.717) is 17.6 Å². The maximum absolute atomic E-state index is 15.0. The summed E-state index contributed by atoms with van der Waals surface area (Å²) >= 11 is 1.67. The number of esters is 1. The number of β-lactam (4-membered cyclic amide) rings is 1. The average Bonchev–Trinajstić information content (AvgIpc) is 3.23. The number of carbonyl (C=O) groups is 2. The van der Waals surface area contributed by atoms with Crippen molar-refractivity contribution in [1.82, 2.24) is 4.90 Å². The van der Waals surface area contributed by atoms with E-state index in [1.807, 2.05) is 109 Å². The van der Waals surface area contributed by atoms with Gasteiger partial charge >= 0.3 is 5.97 Å². The van der Waals surface area contributed by atoms with Gasteiger partial charge in [0.15, 0.2) is 12.1 Å². The zero-order valence-electron chi connectivity index (χ0n) is 29.4. The van der Waals surface area contributed by atoms with Crippen molar-refractivity contribution in [2.75, 3.05) is 11.9 Å². The van der Waals surface area contributed by atoms with E-state index in [9.17, 15) is 9.59 Å². The van der Waals surface area contributed by atoms with Gasteiger partial charge in [0, 0.05) is 17.5 Å². The van der Waals surface area contributed by atoms with Gasteiger partial charge in [-0.25, -0.2) is 4.79 Å². The zero-order valence-corrected chi connectivity index (χ0v) is 31.9. The van der Waals surface area contributed by atoms with Crippen molar-refractivity contribution in [3.63, 3.8) is 0 Å². The number of benzene rings is 6. The van der Waals surface area contributed by atoms with Gasteiger partial charge in [0.2, 0.25) is 0 Å². The Morgan fingerprint density at radius 3 is 1.57 bits per heavy atom. The van der Waals surface area contributed by atoms with Crippen LogP contribution in [0.2, 0.25) is 0 Å². The SMILES string of the molecule is O=C(OC(c1ccccc1)c1ccccc1)C1=C(C[P+](c2ccccc2)(c2ccccc2)c2ccccc2)CS[C@H]2C(N=Cc3ccccc3)C(=O)N12.[Cl-]. The normalized spacial score (nSPS) is 16.8. The van der Waals surface area contributed by atoms with Crippen LogP contribution in [0.15, 0.2) is 198 Å². The van der Waals surface area contributed by atoms with E-state index < -0.39 is 25.4 Å². The summed E-state index contributed by atoms with van der Waals surface area (Å²) in [5.74, 6) is -0.141. The molecular formula is C46H38ClN2O3PS. The molecule has 6 aromatic rings. The summed E-state index contributed by atoms with van der Waals surface area (Å²) in [4.78, 5) is 35.6. The first kappa shape index (κ1) is 37.1. The van der Waals surface area contributed by atoms with Crippen molar-refractivity contribution in [3.05, 3.63) is 210 Å². The Bertz CT molecular complexity index is 2110. The summed E-state index contributed by atoms with van der Waals surface area (Å²) in [6, 6.07) is 60.6. The van der Waals surface area contributed by atoms with Crippen molar-refractivity contribution in [1.29, 1.82) is 0 Å². The molecule has 2 aliphatic heterocycles. The van der Waals surface area contributed by atoms with Gasteiger partial charge in [-0.1, -0.05) is 146 Å². The lowest BCUT2D eigenvalue weighted by Gasteiger charge is -2.48. The van der Waals surface area contributed by atoms with Gasteiger partial charge in [-0.2, -0.15) is 0 Å². The van der Waals surface area contributed by atoms with E-state index in [-0.39, 0.29) is 23.7 Å². The fourth-order valence-electron chi connectivity index (χ4n) is 7.28. The molecule has 1 unspecified atom stereocenters. The Morgan fingerprint density at radius 2 is 1.11 bits per heavy atom. The van der Waals surface area contributed by atoms with Crippen LogP contribution in [0.1, 0.15) is 22.8 Å². The van der Waals surface area contributed by atoms with Crippen LogP contribution >= 0.6 is 19.0 Å². The van der Waals surface area contributed by atoms with Crippen LogP contribution in [-0.2, 0) is 14.3 Å². The van der Waals surface area contributed by atoms with E-state index in [0.717, 1.165) is 22.3 Å². The Balaban J connectivity index is 0.00000450. The highest BCUT2D eigenvalue weighted by atomic mass is 35.5. The molecule has 1 fully saturated rings. The molecule has 8 heteroatoms. The minimum Gasteiger partial charge on any atom is -1.00 e. The summed E-state index contributed by atoms with van der Waals surface area (Å²) in [6.45, 7) is 0. The van der Waals surface area contributed by atoms with Gasteiger partial charge in [0.25, 0.3) is 5.91 Å². The lowest BCUT2D eigenvalue weighted by Crippen LogP contribution is -3.00. The molecule has 6 aromatic carbocycles. The van der Waals surface area contributed by atoms with Crippen LogP contribution in [0.4, 0.5) is 0 Å². The molecule has 8 rings (SSSR count). The molecule has 2 aliphatic rings. The first-order valence-electron chi connectivity index (χ1n) is 17.7. The summed E-state index contributed by atoms with van der Waals surface area (Å²) in [7, 11) is -2.41. The van der Waals surface area contributed by atoms with Crippen molar-refractivity contribution in [2.24, 2.45) is 4.99 Å². The maximum Gasteiger partial charge on any atom is 0.356 e. The molecule has 0 aliphatic carbocycles. The second-order valence-electron chi connectivity index (χ2n) is 13.1. The van der Waals surface area contributed by atoms with Crippen LogP contribution in [-0.4, -0.2) is 46.3 Å². The average molecular weight is 765 g/mol. The number of fused-ring (bicyclic) bond motifs is 1. The van der Waals surface area contributed by atoms with Gasteiger partial charge in [0.05, 0.1) is 6.16 Å². The van der Waals surface area contributed by atoms with Gasteiger partial charge in [0.1, 0.15) is 34.2 Å². The maximum atomic E-state index is 15.0. The van der Waals surface area contributed by atoms with Crippen LogP contribution in [0.3, 0.4) is 0 Å². The number of carbonyl (C=O) groups excluding carboxylic acids is 2. The smallest absolute Gasteiger partial charge is 0.356 e. The van der Waals surface area contributed by atoms with E-state index in [2.05, 4.69) is 72.8 Å². The second kappa shape index (κ2) is 16.8. The molecule has 2 atom stereocenters. The van der Waals surface area contributed by atoms with Crippen LogP contribution in [0.25, 0.3) is 0 Å². The second-order valence-corrected chi connectivity index (χ2v) is 17.7. The molecule has 0 N–H and O–H groups in total. The van der Waals surface area contributed by atoms with E-state index >= 15 is 0 Å². The number of halogens is 1. The van der Waals surface area contributed by atoms with Crippen molar-refractivity contribution < 1.29 is 26.7 Å². The molecule has 0 saturated carbocycles. The Labute approximate surface area is 327 Å². The highest BCUT2D eigenvalue weighted by Crippen LogP contribution is 2.58. The number of ether oxygens (including phenoxy) is 1. The first-order chi connectivity index (χ1) is 26.1. The van der Waals surface area contributed by atoms with Crippen molar-refractivity contribution in [2.45, 2.75) is 17.5 Å². The van der Waals surface area contributed by atoms with Gasteiger partial charge in [-0.3, -0.25) is 14.7 Å². The standard InChI is InChI=1S/C46H38N2O3PS.ClH/c49-44-41(47-31-34-19-7-1-8-20-34)45-48(44)42(46(50)51-43(35-21-9-2-10-22-35)36-23-11-3-12-24-36)37(33-53-45)32-52(38-25-13-4-14-26-38,39-27-15-5-16-28-39)40-29-17-6-18-30-40;/h1-31,41,43,45H,32-33H2;1H/q+1;/p-1/t41?,45-;/m0./s1. The number of amides is 1. The molecule has 0 aromatic heterocycles. The molecule has 0 radical (unpaired) electrons. The number of nitrogens with zero attached hydrogens (tertiary/aromatic N) is 2. The third kappa shape index (κ3) is 7.30.